The van der Waals surface area contributed by atoms with Gasteiger partial charge in [-0.1, -0.05) is 24.6 Å². The summed E-state index contributed by atoms with van der Waals surface area (Å²) >= 11 is 0. The first-order valence-corrected chi connectivity index (χ1v) is 6.83. The molecule has 0 amide bonds. The highest BCUT2D eigenvalue weighted by molar-refractivity contribution is 5.31. The SMILES string of the molecule is COc1ccc([C@@H]2OCC3=CCCCC[C@H]32)cc1. The minimum Gasteiger partial charge on any atom is -0.497 e. The Kier molecular flexibility index (Phi) is 3.37. The number of hydrogen-bond donors (Lipinski definition) is 0. The van der Waals surface area contributed by atoms with Crippen molar-refractivity contribution in [1.29, 1.82) is 0 Å². The summed E-state index contributed by atoms with van der Waals surface area (Å²) in [5, 5.41) is 0. The van der Waals surface area contributed by atoms with Crippen LogP contribution in [0.25, 0.3) is 0 Å². The smallest absolute Gasteiger partial charge is 0.118 e. The van der Waals surface area contributed by atoms with Crippen LogP contribution >= 0.6 is 0 Å². The maximum absolute atomic E-state index is 6.01. The molecule has 1 aliphatic heterocycles. The van der Waals surface area contributed by atoms with Crippen LogP contribution in [0.2, 0.25) is 0 Å². The summed E-state index contributed by atoms with van der Waals surface area (Å²) in [6.45, 7) is 0.821. The van der Waals surface area contributed by atoms with Crippen LogP contribution < -0.4 is 4.74 Å². The van der Waals surface area contributed by atoms with Crippen molar-refractivity contribution >= 4 is 0 Å². The van der Waals surface area contributed by atoms with E-state index in [1.165, 1.54) is 36.8 Å². The molecule has 1 aromatic rings. The Bertz CT molecular complexity index is 433. The quantitative estimate of drug-likeness (QED) is 0.735. The first-order valence-electron chi connectivity index (χ1n) is 6.83. The lowest BCUT2D eigenvalue weighted by molar-refractivity contribution is 0.0882. The van der Waals surface area contributed by atoms with Crippen molar-refractivity contribution in [2.24, 2.45) is 5.92 Å². The van der Waals surface area contributed by atoms with Gasteiger partial charge in [-0.05, 0) is 42.5 Å². The lowest BCUT2D eigenvalue weighted by Crippen LogP contribution is -2.08. The van der Waals surface area contributed by atoms with Gasteiger partial charge >= 0.3 is 0 Å². The summed E-state index contributed by atoms with van der Waals surface area (Å²) in [6, 6.07) is 8.32. The molecule has 1 saturated heterocycles. The predicted octanol–water partition coefficient (Wildman–Crippen LogP) is 3.88. The largest absolute Gasteiger partial charge is 0.497 e. The molecule has 1 heterocycles. The number of ether oxygens (including phenoxy) is 2. The number of allylic oxidation sites excluding steroid dienone is 1. The highest BCUT2D eigenvalue weighted by Crippen LogP contribution is 2.42. The third-order valence-electron chi connectivity index (χ3n) is 4.09. The maximum atomic E-state index is 6.01. The summed E-state index contributed by atoms with van der Waals surface area (Å²) in [7, 11) is 1.70. The number of methoxy groups -OCH3 is 1. The molecule has 1 aliphatic carbocycles. The summed E-state index contributed by atoms with van der Waals surface area (Å²) < 4.78 is 11.2. The average molecular weight is 244 g/mol. The van der Waals surface area contributed by atoms with E-state index in [0.717, 1.165) is 12.4 Å². The summed E-state index contributed by atoms with van der Waals surface area (Å²) in [5.41, 5.74) is 2.81. The van der Waals surface area contributed by atoms with Crippen LogP contribution in [0, 0.1) is 5.92 Å². The molecule has 2 atom stereocenters. The fraction of sp³-hybridized carbons (Fsp3) is 0.500. The minimum atomic E-state index is 0.250. The Hall–Kier alpha value is -1.28. The van der Waals surface area contributed by atoms with E-state index < -0.39 is 0 Å². The zero-order valence-electron chi connectivity index (χ0n) is 10.9. The van der Waals surface area contributed by atoms with Crippen molar-refractivity contribution in [2.75, 3.05) is 13.7 Å². The van der Waals surface area contributed by atoms with Crippen LogP contribution in [0.3, 0.4) is 0 Å². The molecule has 18 heavy (non-hydrogen) atoms. The van der Waals surface area contributed by atoms with Crippen molar-refractivity contribution in [1.82, 2.24) is 0 Å². The van der Waals surface area contributed by atoms with Crippen LogP contribution in [0.1, 0.15) is 37.4 Å². The molecular weight excluding hydrogens is 224 g/mol. The summed E-state index contributed by atoms with van der Waals surface area (Å²) in [5.74, 6) is 1.51. The fourth-order valence-electron chi connectivity index (χ4n) is 3.07. The molecule has 1 aromatic carbocycles. The van der Waals surface area contributed by atoms with E-state index in [0.29, 0.717) is 5.92 Å². The second-order valence-corrected chi connectivity index (χ2v) is 5.17. The highest BCUT2D eigenvalue weighted by Gasteiger charge is 2.33. The summed E-state index contributed by atoms with van der Waals surface area (Å²) in [4.78, 5) is 0. The van der Waals surface area contributed by atoms with Crippen LogP contribution in [0.15, 0.2) is 35.9 Å². The van der Waals surface area contributed by atoms with E-state index in [1.54, 1.807) is 7.11 Å². The van der Waals surface area contributed by atoms with Gasteiger partial charge in [-0.25, -0.2) is 0 Å². The van der Waals surface area contributed by atoms with Crippen molar-refractivity contribution in [3.8, 4) is 5.75 Å². The molecule has 0 spiro atoms. The molecule has 2 heteroatoms. The average Bonchev–Trinajstić information content (AvgIpc) is 2.68. The molecule has 96 valence electrons. The van der Waals surface area contributed by atoms with Gasteiger partial charge in [0.25, 0.3) is 0 Å². The zero-order valence-corrected chi connectivity index (χ0v) is 10.9. The normalized spacial score (nSPS) is 27.3. The van der Waals surface area contributed by atoms with Gasteiger partial charge in [-0.2, -0.15) is 0 Å². The molecule has 1 fully saturated rings. The van der Waals surface area contributed by atoms with E-state index in [1.807, 2.05) is 12.1 Å². The van der Waals surface area contributed by atoms with Gasteiger partial charge < -0.3 is 9.47 Å². The molecule has 3 rings (SSSR count). The maximum Gasteiger partial charge on any atom is 0.118 e. The minimum absolute atomic E-state index is 0.250. The van der Waals surface area contributed by atoms with Gasteiger partial charge in [-0.15, -0.1) is 0 Å². The Morgan fingerprint density at radius 2 is 2.00 bits per heavy atom. The lowest BCUT2D eigenvalue weighted by Gasteiger charge is -2.18. The van der Waals surface area contributed by atoms with Gasteiger partial charge in [-0.3, -0.25) is 0 Å². The van der Waals surface area contributed by atoms with E-state index in [2.05, 4.69) is 18.2 Å². The molecule has 0 N–H and O–H groups in total. The van der Waals surface area contributed by atoms with Gasteiger partial charge in [0.05, 0.1) is 19.8 Å². The predicted molar refractivity (Wildman–Crippen MR) is 71.7 cm³/mol. The van der Waals surface area contributed by atoms with E-state index in [-0.39, 0.29) is 6.10 Å². The highest BCUT2D eigenvalue weighted by atomic mass is 16.5. The van der Waals surface area contributed by atoms with Crippen molar-refractivity contribution < 1.29 is 9.47 Å². The Balaban J connectivity index is 1.83. The molecule has 0 saturated carbocycles. The van der Waals surface area contributed by atoms with Crippen molar-refractivity contribution in [3.05, 3.63) is 41.5 Å². The molecule has 0 aromatic heterocycles. The van der Waals surface area contributed by atoms with Crippen LogP contribution in [-0.2, 0) is 4.74 Å². The standard InChI is InChI=1S/C16H20O2/c1-17-14-9-7-12(8-10-14)16-15-6-4-2-3-5-13(15)11-18-16/h5,7-10,15-16H,2-4,6,11H2,1H3/t15-,16+/m1/s1. The molecule has 0 bridgehead atoms. The number of hydrogen-bond acceptors (Lipinski definition) is 2. The first-order chi connectivity index (χ1) is 8.88. The zero-order chi connectivity index (χ0) is 12.4. The molecule has 0 radical (unpaired) electrons. The van der Waals surface area contributed by atoms with Crippen LogP contribution in [0.5, 0.6) is 5.75 Å². The molecule has 2 nitrogen and oxygen atoms in total. The monoisotopic (exact) mass is 244 g/mol. The Labute approximate surface area is 109 Å². The van der Waals surface area contributed by atoms with Crippen molar-refractivity contribution in [2.45, 2.75) is 31.8 Å². The fourth-order valence-corrected chi connectivity index (χ4v) is 3.07. The van der Waals surface area contributed by atoms with E-state index in [9.17, 15) is 0 Å². The second-order valence-electron chi connectivity index (χ2n) is 5.17. The third kappa shape index (κ3) is 2.17. The second kappa shape index (κ2) is 5.15. The lowest BCUT2D eigenvalue weighted by atomic mass is 9.89. The first kappa shape index (κ1) is 11.8. The molecule has 0 unspecified atom stereocenters. The van der Waals surface area contributed by atoms with Gasteiger partial charge in [0.1, 0.15) is 5.75 Å². The van der Waals surface area contributed by atoms with E-state index in [4.69, 9.17) is 9.47 Å². The third-order valence-corrected chi connectivity index (χ3v) is 4.09. The van der Waals surface area contributed by atoms with Crippen LogP contribution in [-0.4, -0.2) is 13.7 Å². The molecular formula is C16H20O2. The van der Waals surface area contributed by atoms with Crippen LogP contribution in [0.4, 0.5) is 0 Å². The van der Waals surface area contributed by atoms with Gasteiger partial charge in [0.2, 0.25) is 0 Å². The number of rotatable bonds is 2. The van der Waals surface area contributed by atoms with E-state index >= 15 is 0 Å². The number of fused-ring (bicyclic) bond motifs is 1. The molecule has 2 aliphatic rings. The van der Waals surface area contributed by atoms with Gasteiger partial charge in [0.15, 0.2) is 0 Å². The Morgan fingerprint density at radius 3 is 2.78 bits per heavy atom. The van der Waals surface area contributed by atoms with Crippen molar-refractivity contribution in [3.63, 3.8) is 0 Å². The number of benzene rings is 1. The summed E-state index contributed by atoms with van der Waals surface area (Å²) in [6.07, 6.45) is 7.80. The van der Waals surface area contributed by atoms with Gasteiger partial charge in [0, 0.05) is 5.92 Å². The topological polar surface area (TPSA) is 18.5 Å². The Morgan fingerprint density at radius 1 is 1.17 bits per heavy atom.